The Kier molecular flexibility index (Phi) is 8.64. The number of benzene rings is 1. The molecule has 9 nitrogen and oxygen atoms in total. The summed E-state index contributed by atoms with van der Waals surface area (Å²) in [5, 5.41) is 29.7. The van der Waals surface area contributed by atoms with Crippen molar-refractivity contribution in [1.29, 1.82) is 10.8 Å². The van der Waals surface area contributed by atoms with Gasteiger partial charge in [0.15, 0.2) is 11.4 Å². The number of nitrogens with one attached hydrogen (secondary N) is 3. The van der Waals surface area contributed by atoms with Crippen LogP contribution in [0.1, 0.15) is 54.2 Å². The van der Waals surface area contributed by atoms with Crippen molar-refractivity contribution in [1.82, 2.24) is 14.8 Å². The Balaban J connectivity index is 1.87. The van der Waals surface area contributed by atoms with E-state index in [4.69, 9.17) is 10.8 Å². The van der Waals surface area contributed by atoms with Crippen LogP contribution in [0.25, 0.3) is 0 Å². The van der Waals surface area contributed by atoms with Crippen LogP contribution in [0.2, 0.25) is 0 Å². The average molecular weight is 534 g/mol. The number of rotatable bonds is 7. The molecule has 0 bridgehead atoms. The van der Waals surface area contributed by atoms with E-state index >= 15 is 0 Å². The maximum absolute atomic E-state index is 13.9. The van der Waals surface area contributed by atoms with Crippen LogP contribution in [-0.2, 0) is 18.3 Å². The summed E-state index contributed by atoms with van der Waals surface area (Å²) in [6.45, 7) is 1.95. The minimum atomic E-state index is -0.964. The number of halogens is 2. The SMILES string of the molecule is CCN(C(=O)c1c(O)c(=O)c(C(=N)SC(=N)Cc2ccc(F)cc2F)cn1C)C1(NC)CCCC(=O)C1. The van der Waals surface area contributed by atoms with Gasteiger partial charge in [0.1, 0.15) is 28.1 Å². The number of carbonyl (C=O) groups excluding carboxylic acids is 2. The summed E-state index contributed by atoms with van der Waals surface area (Å²) < 4.78 is 28.3. The van der Waals surface area contributed by atoms with Gasteiger partial charge >= 0.3 is 0 Å². The summed E-state index contributed by atoms with van der Waals surface area (Å²) in [6.07, 6.45) is 2.65. The highest BCUT2D eigenvalue weighted by Gasteiger charge is 2.43. The fourth-order valence-electron chi connectivity index (χ4n) is 4.61. The molecular weight excluding hydrogens is 504 g/mol. The molecule has 0 saturated heterocycles. The molecule has 1 aromatic carbocycles. The molecule has 3 rings (SSSR count). The van der Waals surface area contributed by atoms with Crippen LogP contribution in [0.3, 0.4) is 0 Å². The molecule has 1 aliphatic carbocycles. The van der Waals surface area contributed by atoms with Crippen LogP contribution >= 0.6 is 11.8 Å². The third-order valence-corrected chi connectivity index (χ3v) is 7.29. The first-order chi connectivity index (χ1) is 17.4. The summed E-state index contributed by atoms with van der Waals surface area (Å²) in [4.78, 5) is 40.2. The van der Waals surface area contributed by atoms with Crippen molar-refractivity contribution >= 4 is 33.5 Å². The predicted octanol–water partition coefficient (Wildman–Crippen LogP) is 3.17. The highest BCUT2D eigenvalue weighted by Crippen LogP contribution is 2.31. The summed E-state index contributed by atoms with van der Waals surface area (Å²) in [7, 11) is 3.10. The molecule has 1 unspecified atom stereocenters. The minimum Gasteiger partial charge on any atom is -0.503 e. The fourth-order valence-corrected chi connectivity index (χ4v) is 5.34. The van der Waals surface area contributed by atoms with E-state index < -0.39 is 34.4 Å². The standard InChI is InChI=1S/C25H29F2N5O4S/c1-4-32(25(30-2)9-5-6-16(33)12-25)24(36)20-22(35)21(34)17(13-31(20)3)23(29)37-19(28)10-14-7-8-15(26)11-18(14)27/h7-8,11,13,28-30,35H,4-6,9-10,12H2,1-3H3. The van der Waals surface area contributed by atoms with Crippen LogP contribution in [0.15, 0.2) is 29.2 Å². The van der Waals surface area contributed by atoms with E-state index in [1.54, 1.807) is 14.0 Å². The first-order valence-corrected chi connectivity index (χ1v) is 12.5. The molecule has 37 heavy (non-hydrogen) atoms. The van der Waals surface area contributed by atoms with Crippen molar-refractivity contribution in [3.05, 3.63) is 63.1 Å². The molecule has 2 aromatic rings. The number of amides is 1. The summed E-state index contributed by atoms with van der Waals surface area (Å²) in [6, 6.07) is 2.96. The van der Waals surface area contributed by atoms with Crippen LogP contribution in [0, 0.1) is 22.5 Å². The molecule has 4 N–H and O–H groups in total. The zero-order chi connectivity index (χ0) is 27.5. The molecule has 1 amide bonds. The van der Waals surface area contributed by atoms with Gasteiger partial charge in [0.05, 0.1) is 10.6 Å². The fraction of sp³-hybridized carbons (Fsp3) is 0.400. The van der Waals surface area contributed by atoms with Gasteiger partial charge in [0, 0.05) is 45.1 Å². The Morgan fingerprint density at radius 2 is 2.00 bits per heavy atom. The highest BCUT2D eigenvalue weighted by molar-refractivity contribution is 8.26. The first-order valence-electron chi connectivity index (χ1n) is 11.7. The zero-order valence-electron chi connectivity index (χ0n) is 20.8. The minimum absolute atomic E-state index is 0.00810. The van der Waals surface area contributed by atoms with Gasteiger partial charge in [-0.15, -0.1) is 0 Å². The highest BCUT2D eigenvalue weighted by atomic mass is 32.2. The molecule has 0 radical (unpaired) electrons. The number of ketones is 1. The second-order valence-corrected chi connectivity index (χ2v) is 9.95. The number of thioether (sulfide) groups is 1. The average Bonchev–Trinajstić information content (AvgIpc) is 2.83. The Morgan fingerprint density at radius 1 is 1.30 bits per heavy atom. The first kappa shape index (κ1) is 28.2. The predicted molar refractivity (Wildman–Crippen MR) is 138 cm³/mol. The number of aryl methyl sites for hydroxylation is 1. The molecule has 1 fully saturated rings. The van der Waals surface area contributed by atoms with Crippen LogP contribution in [0.4, 0.5) is 8.78 Å². The van der Waals surface area contributed by atoms with Gasteiger partial charge < -0.3 is 14.6 Å². The van der Waals surface area contributed by atoms with Gasteiger partial charge in [-0.25, -0.2) is 8.78 Å². The third-order valence-electron chi connectivity index (χ3n) is 6.48. The number of Topliss-reactive ketones (excluding diaryl/α,β-unsaturated/α-hetero) is 1. The van der Waals surface area contributed by atoms with Crippen molar-refractivity contribution < 1.29 is 23.5 Å². The quantitative estimate of drug-likeness (QED) is 0.245. The second-order valence-electron chi connectivity index (χ2n) is 8.85. The molecule has 1 saturated carbocycles. The van der Waals surface area contributed by atoms with E-state index in [0.29, 0.717) is 37.1 Å². The van der Waals surface area contributed by atoms with Crippen molar-refractivity contribution in [3.63, 3.8) is 0 Å². The largest absolute Gasteiger partial charge is 0.503 e. The number of carbonyl (C=O) groups is 2. The summed E-state index contributed by atoms with van der Waals surface area (Å²) in [5.41, 5.74) is -2.39. The second kappa shape index (κ2) is 11.3. The van der Waals surface area contributed by atoms with Crippen LogP contribution in [0.5, 0.6) is 5.75 Å². The van der Waals surface area contributed by atoms with Crippen molar-refractivity contribution in [2.75, 3.05) is 13.6 Å². The molecule has 1 heterocycles. The Labute approximate surface area is 216 Å². The Bertz CT molecular complexity index is 1330. The van der Waals surface area contributed by atoms with Gasteiger partial charge in [-0.3, -0.25) is 30.5 Å². The third kappa shape index (κ3) is 5.80. The van der Waals surface area contributed by atoms with Gasteiger partial charge in [0.2, 0.25) is 5.43 Å². The molecule has 0 aliphatic heterocycles. The smallest absolute Gasteiger partial charge is 0.275 e. The number of aromatic hydroxyl groups is 1. The van der Waals surface area contributed by atoms with Gasteiger partial charge in [-0.1, -0.05) is 17.8 Å². The van der Waals surface area contributed by atoms with Crippen LogP contribution < -0.4 is 10.7 Å². The molecule has 1 aliphatic rings. The van der Waals surface area contributed by atoms with E-state index in [2.05, 4.69) is 5.32 Å². The van der Waals surface area contributed by atoms with Crippen LogP contribution in [-0.4, -0.2) is 55.6 Å². The van der Waals surface area contributed by atoms with E-state index in [-0.39, 0.29) is 52.1 Å². The lowest BCUT2D eigenvalue weighted by Gasteiger charge is -2.45. The zero-order valence-corrected chi connectivity index (χ0v) is 21.6. The number of nitrogens with zero attached hydrogens (tertiary/aromatic N) is 2. The Morgan fingerprint density at radius 3 is 2.59 bits per heavy atom. The maximum Gasteiger partial charge on any atom is 0.275 e. The molecule has 198 valence electrons. The van der Waals surface area contributed by atoms with Crippen molar-refractivity contribution in [3.8, 4) is 5.75 Å². The summed E-state index contributed by atoms with van der Waals surface area (Å²) in [5.74, 6) is -3.06. The normalized spacial score (nSPS) is 17.5. The van der Waals surface area contributed by atoms with Crippen molar-refractivity contribution in [2.24, 2.45) is 7.05 Å². The van der Waals surface area contributed by atoms with Gasteiger partial charge in [0.25, 0.3) is 5.91 Å². The number of hydrogen-bond donors (Lipinski definition) is 4. The number of aromatic nitrogens is 1. The summed E-state index contributed by atoms with van der Waals surface area (Å²) >= 11 is 0.582. The molecule has 1 aromatic heterocycles. The Hall–Kier alpha value is -3.38. The maximum atomic E-state index is 13.9. The van der Waals surface area contributed by atoms with Crippen molar-refractivity contribution in [2.45, 2.75) is 44.7 Å². The topological polar surface area (TPSA) is 139 Å². The van der Waals surface area contributed by atoms with E-state index in [1.807, 2.05) is 0 Å². The lowest BCUT2D eigenvalue weighted by atomic mass is 9.86. The molecule has 0 spiro atoms. The van der Waals surface area contributed by atoms with E-state index in [9.17, 15) is 28.3 Å². The molecular formula is C25H29F2N5O4S. The number of hydrogen-bond acceptors (Lipinski definition) is 8. The monoisotopic (exact) mass is 533 g/mol. The van der Waals surface area contributed by atoms with E-state index in [1.165, 1.54) is 28.8 Å². The lowest BCUT2D eigenvalue weighted by molar-refractivity contribution is -0.125. The molecule has 12 heteroatoms. The lowest BCUT2D eigenvalue weighted by Crippen LogP contribution is -2.62. The van der Waals surface area contributed by atoms with E-state index in [0.717, 1.165) is 6.07 Å². The van der Waals surface area contributed by atoms with Gasteiger partial charge in [-0.2, -0.15) is 0 Å². The van der Waals surface area contributed by atoms with Gasteiger partial charge in [-0.05, 0) is 38.4 Å². The molecule has 1 atom stereocenters. The number of pyridine rings is 1.